The van der Waals surface area contributed by atoms with E-state index in [1.807, 2.05) is 24.3 Å². The van der Waals surface area contributed by atoms with Crippen molar-refractivity contribution in [1.29, 1.82) is 0 Å². The Labute approximate surface area is 134 Å². The monoisotopic (exact) mass is 314 g/mol. The third-order valence-corrected chi connectivity index (χ3v) is 3.94. The molecule has 0 unspecified atom stereocenters. The highest BCUT2D eigenvalue weighted by atomic mass is 32.1. The molecule has 0 atom stereocenters. The molecule has 0 saturated carbocycles. The van der Waals surface area contributed by atoms with Gasteiger partial charge in [-0.2, -0.15) is 0 Å². The number of hydrogen-bond donors (Lipinski definition) is 0. The maximum Gasteiger partial charge on any atom is 0.273 e. The van der Waals surface area contributed by atoms with Gasteiger partial charge in [0.05, 0.1) is 7.11 Å². The van der Waals surface area contributed by atoms with E-state index in [-0.39, 0.29) is 5.91 Å². The molecule has 1 aromatic heterocycles. The lowest BCUT2D eigenvalue weighted by Crippen LogP contribution is -2.31. The number of hydrogen-bond acceptors (Lipinski definition) is 4. The van der Waals surface area contributed by atoms with Gasteiger partial charge in [-0.15, -0.1) is 24.5 Å². The van der Waals surface area contributed by atoms with E-state index in [1.54, 1.807) is 29.5 Å². The molecule has 0 N–H and O–H groups in total. The molecule has 114 valence electrons. The van der Waals surface area contributed by atoms with Crippen LogP contribution in [0.1, 0.15) is 10.5 Å². The van der Waals surface area contributed by atoms with Crippen LogP contribution in [0.5, 0.6) is 5.75 Å². The number of ether oxygens (including phenoxy) is 1. The van der Waals surface area contributed by atoms with E-state index >= 15 is 0 Å². The summed E-state index contributed by atoms with van der Waals surface area (Å²) in [6, 6.07) is 7.61. The second-order valence-electron chi connectivity index (χ2n) is 4.55. The van der Waals surface area contributed by atoms with Crippen LogP contribution in [0.4, 0.5) is 0 Å². The minimum absolute atomic E-state index is 0.115. The summed E-state index contributed by atoms with van der Waals surface area (Å²) in [6.07, 6.45) is 3.39. The molecule has 0 aliphatic rings. The highest BCUT2D eigenvalue weighted by Gasteiger charge is 2.17. The quantitative estimate of drug-likeness (QED) is 0.733. The number of rotatable bonds is 7. The van der Waals surface area contributed by atoms with Crippen LogP contribution in [0.15, 0.2) is 55.0 Å². The molecule has 4 nitrogen and oxygen atoms in total. The fourth-order valence-electron chi connectivity index (χ4n) is 1.95. The topological polar surface area (TPSA) is 42.4 Å². The standard InChI is InChI=1S/C17H18N2O2S/c1-4-10-19(11-5-2)17(20)15-12-22-16(18-15)13-6-8-14(21-3)9-7-13/h4-9,12H,1-2,10-11H2,3H3. The lowest BCUT2D eigenvalue weighted by molar-refractivity contribution is 0.0786. The van der Waals surface area contributed by atoms with Crippen molar-refractivity contribution in [2.45, 2.75) is 0 Å². The van der Waals surface area contributed by atoms with Gasteiger partial charge in [-0.3, -0.25) is 4.79 Å². The first-order valence-corrected chi connectivity index (χ1v) is 7.68. The summed E-state index contributed by atoms with van der Waals surface area (Å²) in [5.74, 6) is 0.676. The van der Waals surface area contributed by atoms with Crippen LogP contribution in [-0.2, 0) is 0 Å². The van der Waals surface area contributed by atoms with Crippen molar-refractivity contribution in [3.63, 3.8) is 0 Å². The number of nitrogens with zero attached hydrogens (tertiary/aromatic N) is 2. The van der Waals surface area contributed by atoms with Crippen molar-refractivity contribution in [2.75, 3.05) is 20.2 Å². The summed E-state index contributed by atoms with van der Waals surface area (Å²) < 4.78 is 5.14. The average molecular weight is 314 g/mol. The maximum absolute atomic E-state index is 12.4. The molecular weight excluding hydrogens is 296 g/mol. The number of aromatic nitrogens is 1. The van der Waals surface area contributed by atoms with Crippen LogP contribution < -0.4 is 4.74 Å². The van der Waals surface area contributed by atoms with E-state index in [0.29, 0.717) is 18.8 Å². The molecule has 0 radical (unpaired) electrons. The van der Waals surface area contributed by atoms with Gasteiger partial charge in [0, 0.05) is 24.0 Å². The molecule has 0 aliphatic heterocycles. The van der Waals surface area contributed by atoms with Crippen LogP contribution in [0, 0.1) is 0 Å². The Bertz CT molecular complexity index is 652. The van der Waals surface area contributed by atoms with Crippen molar-refractivity contribution in [3.05, 3.63) is 60.6 Å². The number of methoxy groups -OCH3 is 1. The zero-order valence-electron chi connectivity index (χ0n) is 12.5. The molecule has 0 spiro atoms. The van der Waals surface area contributed by atoms with Gasteiger partial charge < -0.3 is 9.64 Å². The third-order valence-electron chi connectivity index (χ3n) is 3.05. The molecule has 1 amide bonds. The lowest BCUT2D eigenvalue weighted by Gasteiger charge is -2.17. The van der Waals surface area contributed by atoms with Crippen molar-refractivity contribution < 1.29 is 9.53 Å². The first-order chi connectivity index (χ1) is 10.7. The van der Waals surface area contributed by atoms with Gasteiger partial charge in [-0.05, 0) is 24.3 Å². The summed E-state index contributed by atoms with van der Waals surface area (Å²) in [4.78, 5) is 18.5. The SMILES string of the molecule is C=CCN(CC=C)C(=O)c1csc(-c2ccc(OC)cc2)n1. The molecule has 1 heterocycles. The van der Waals surface area contributed by atoms with Gasteiger partial charge in [0.1, 0.15) is 16.5 Å². The summed E-state index contributed by atoms with van der Waals surface area (Å²) in [6.45, 7) is 8.29. The van der Waals surface area contributed by atoms with Crippen molar-refractivity contribution in [2.24, 2.45) is 0 Å². The maximum atomic E-state index is 12.4. The number of carbonyl (C=O) groups is 1. The molecular formula is C17H18N2O2S. The van der Waals surface area contributed by atoms with E-state index in [1.165, 1.54) is 11.3 Å². The average Bonchev–Trinajstić information content (AvgIpc) is 3.04. The molecule has 2 rings (SSSR count). The molecule has 0 aliphatic carbocycles. The minimum Gasteiger partial charge on any atom is -0.497 e. The minimum atomic E-state index is -0.115. The number of benzene rings is 1. The Morgan fingerprint density at radius 2 is 1.91 bits per heavy atom. The normalized spacial score (nSPS) is 10.0. The molecule has 2 aromatic rings. The van der Waals surface area contributed by atoms with Gasteiger partial charge in [0.2, 0.25) is 0 Å². The largest absolute Gasteiger partial charge is 0.497 e. The molecule has 0 bridgehead atoms. The molecule has 0 saturated heterocycles. The highest BCUT2D eigenvalue weighted by Crippen LogP contribution is 2.26. The number of carbonyl (C=O) groups excluding carboxylic acids is 1. The predicted octanol–water partition coefficient (Wildman–Crippen LogP) is 3.63. The summed E-state index contributed by atoms with van der Waals surface area (Å²) in [5, 5.41) is 2.59. The Kier molecular flexibility index (Phi) is 5.49. The van der Waals surface area contributed by atoms with Gasteiger partial charge in [0.25, 0.3) is 5.91 Å². The van der Waals surface area contributed by atoms with Crippen LogP contribution in [-0.4, -0.2) is 36.0 Å². The smallest absolute Gasteiger partial charge is 0.273 e. The van der Waals surface area contributed by atoms with Gasteiger partial charge >= 0.3 is 0 Å². The van der Waals surface area contributed by atoms with E-state index in [0.717, 1.165) is 16.3 Å². The zero-order valence-corrected chi connectivity index (χ0v) is 13.3. The Balaban J connectivity index is 2.20. The highest BCUT2D eigenvalue weighted by molar-refractivity contribution is 7.13. The summed E-state index contributed by atoms with van der Waals surface area (Å²) >= 11 is 1.45. The summed E-state index contributed by atoms with van der Waals surface area (Å²) in [7, 11) is 1.63. The molecule has 0 fully saturated rings. The number of amides is 1. The van der Waals surface area contributed by atoms with Crippen molar-refractivity contribution >= 4 is 17.2 Å². The molecule has 1 aromatic carbocycles. The third kappa shape index (κ3) is 3.62. The first kappa shape index (κ1) is 16.0. The molecule has 5 heteroatoms. The Morgan fingerprint density at radius 1 is 1.27 bits per heavy atom. The van der Waals surface area contributed by atoms with Crippen LogP contribution in [0.2, 0.25) is 0 Å². The van der Waals surface area contributed by atoms with Gasteiger partial charge in [0.15, 0.2) is 0 Å². The van der Waals surface area contributed by atoms with E-state index < -0.39 is 0 Å². The fraction of sp³-hybridized carbons (Fsp3) is 0.176. The molecule has 22 heavy (non-hydrogen) atoms. The number of thiazole rings is 1. The van der Waals surface area contributed by atoms with Crippen LogP contribution >= 0.6 is 11.3 Å². The Morgan fingerprint density at radius 3 is 2.45 bits per heavy atom. The predicted molar refractivity (Wildman–Crippen MR) is 90.4 cm³/mol. The van der Waals surface area contributed by atoms with Crippen molar-refractivity contribution in [3.8, 4) is 16.3 Å². The van der Waals surface area contributed by atoms with Crippen molar-refractivity contribution in [1.82, 2.24) is 9.88 Å². The van der Waals surface area contributed by atoms with Crippen LogP contribution in [0.3, 0.4) is 0 Å². The van der Waals surface area contributed by atoms with E-state index in [2.05, 4.69) is 18.1 Å². The van der Waals surface area contributed by atoms with Gasteiger partial charge in [-0.1, -0.05) is 12.2 Å². The first-order valence-electron chi connectivity index (χ1n) is 6.80. The fourth-order valence-corrected chi connectivity index (χ4v) is 2.75. The lowest BCUT2D eigenvalue weighted by atomic mass is 10.2. The summed E-state index contributed by atoms with van der Waals surface area (Å²) in [5.41, 5.74) is 1.41. The van der Waals surface area contributed by atoms with E-state index in [4.69, 9.17) is 4.74 Å². The van der Waals surface area contributed by atoms with Gasteiger partial charge in [-0.25, -0.2) is 4.98 Å². The zero-order chi connectivity index (χ0) is 15.9. The van der Waals surface area contributed by atoms with Crippen LogP contribution in [0.25, 0.3) is 10.6 Å². The second-order valence-corrected chi connectivity index (χ2v) is 5.41. The Hall–Kier alpha value is -2.40. The second kappa shape index (κ2) is 7.56. The van der Waals surface area contributed by atoms with E-state index in [9.17, 15) is 4.79 Å².